The van der Waals surface area contributed by atoms with Crippen LogP contribution in [0, 0.1) is 0 Å². The smallest absolute Gasteiger partial charge is 0.307 e. The van der Waals surface area contributed by atoms with Crippen molar-refractivity contribution in [3.63, 3.8) is 0 Å². The molecule has 0 aliphatic carbocycles. The van der Waals surface area contributed by atoms with Crippen molar-refractivity contribution in [2.45, 2.75) is 26.3 Å². The van der Waals surface area contributed by atoms with Crippen molar-refractivity contribution in [1.29, 1.82) is 0 Å². The minimum atomic E-state index is -0.168. The van der Waals surface area contributed by atoms with Crippen molar-refractivity contribution in [2.24, 2.45) is 0 Å². The van der Waals surface area contributed by atoms with Crippen molar-refractivity contribution in [2.75, 3.05) is 11.9 Å². The molecule has 3 nitrogen and oxygen atoms in total. The Bertz CT molecular complexity index is 564. The molecule has 0 bridgehead atoms. The molecule has 21 heavy (non-hydrogen) atoms. The Labute approximate surface area is 126 Å². The standard InChI is InChI=1S/C18H21NO2/c1-3-21-18(20)13-14(2)19-17-11-9-16(10-12-17)15-7-5-4-6-8-15/h4-12,14,19H,3,13H2,1-2H3. The van der Waals surface area contributed by atoms with Gasteiger partial charge in [0.15, 0.2) is 0 Å². The second-order valence-electron chi connectivity index (χ2n) is 5.00. The number of hydrogen-bond acceptors (Lipinski definition) is 3. The van der Waals surface area contributed by atoms with Gasteiger partial charge >= 0.3 is 5.97 Å². The Kier molecular flexibility index (Phi) is 5.38. The zero-order valence-electron chi connectivity index (χ0n) is 12.5. The van der Waals surface area contributed by atoms with E-state index in [0.29, 0.717) is 13.0 Å². The molecule has 0 heterocycles. The van der Waals surface area contributed by atoms with Gasteiger partial charge in [-0.1, -0.05) is 42.5 Å². The number of nitrogens with one attached hydrogen (secondary N) is 1. The van der Waals surface area contributed by atoms with Gasteiger partial charge in [0.05, 0.1) is 13.0 Å². The van der Waals surface area contributed by atoms with Gasteiger partial charge < -0.3 is 10.1 Å². The average Bonchev–Trinajstić information content (AvgIpc) is 2.49. The molecule has 2 aromatic carbocycles. The molecule has 2 rings (SSSR count). The van der Waals surface area contributed by atoms with E-state index in [4.69, 9.17) is 4.74 Å². The Morgan fingerprint density at radius 1 is 1.05 bits per heavy atom. The number of benzene rings is 2. The predicted octanol–water partition coefficient (Wildman–Crippen LogP) is 4.11. The van der Waals surface area contributed by atoms with E-state index in [0.717, 1.165) is 5.69 Å². The molecule has 0 aliphatic rings. The Morgan fingerprint density at radius 2 is 1.67 bits per heavy atom. The van der Waals surface area contributed by atoms with Crippen molar-refractivity contribution in [3.05, 3.63) is 54.6 Å². The predicted molar refractivity (Wildman–Crippen MR) is 86.2 cm³/mol. The Morgan fingerprint density at radius 3 is 2.29 bits per heavy atom. The SMILES string of the molecule is CCOC(=O)CC(C)Nc1ccc(-c2ccccc2)cc1. The van der Waals surface area contributed by atoms with E-state index in [1.54, 1.807) is 0 Å². The third kappa shape index (κ3) is 4.63. The summed E-state index contributed by atoms with van der Waals surface area (Å²) in [6.07, 6.45) is 0.369. The summed E-state index contributed by atoms with van der Waals surface area (Å²) in [5.41, 5.74) is 3.38. The van der Waals surface area contributed by atoms with E-state index < -0.39 is 0 Å². The van der Waals surface area contributed by atoms with Crippen LogP contribution in [0.3, 0.4) is 0 Å². The zero-order chi connectivity index (χ0) is 15.1. The molecule has 0 saturated heterocycles. The van der Waals surface area contributed by atoms with Gasteiger partial charge in [0, 0.05) is 11.7 Å². The zero-order valence-corrected chi connectivity index (χ0v) is 12.5. The third-order valence-corrected chi connectivity index (χ3v) is 3.18. The lowest BCUT2D eigenvalue weighted by atomic mass is 10.1. The fraction of sp³-hybridized carbons (Fsp3) is 0.278. The summed E-state index contributed by atoms with van der Waals surface area (Å²) in [7, 11) is 0. The maximum Gasteiger partial charge on any atom is 0.307 e. The fourth-order valence-corrected chi connectivity index (χ4v) is 2.19. The molecular weight excluding hydrogens is 262 g/mol. The molecule has 0 saturated carbocycles. The molecule has 0 fully saturated rings. The van der Waals surface area contributed by atoms with Crippen LogP contribution in [0.5, 0.6) is 0 Å². The van der Waals surface area contributed by atoms with Crippen LogP contribution in [0.15, 0.2) is 54.6 Å². The molecule has 0 aromatic heterocycles. The number of carbonyl (C=O) groups excluding carboxylic acids is 1. The van der Waals surface area contributed by atoms with E-state index in [-0.39, 0.29) is 12.0 Å². The van der Waals surface area contributed by atoms with Gasteiger partial charge in [-0.3, -0.25) is 4.79 Å². The quantitative estimate of drug-likeness (QED) is 0.811. The van der Waals surface area contributed by atoms with Crippen molar-refractivity contribution < 1.29 is 9.53 Å². The van der Waals surface area contributed by atoms with Gasteiger partial charge in [0.25, 0.3) is 0 Å². The Balaban J connectivity index is 1.95. The monoisotopic (exact) mass is 283 g/mol. The Hall–Kier alpha value is -2.29. The lowest BCUT2D eigenvalue weighted by Gasteiger charge is -2.14. The highest BCUT2D eigenvalue weighted by Gasteiger charge is 2.09. The van der Waals surface area contributed by atoms with Crippen molar-refractivity contribution >= 4 is 11.7 Å². The maximum atomic E-state index is 11.4. The van der Waals surface area contributed by atoms with Crippen LogP contribution in [0.25, 0.3) is 11.1 Å². The molecule has 0 spiro atoms. The second-order valence-corrected chi connectivity index (χ2v) is 5.00. The van der Waals surface area contributed by atoms with E-state index in [2.05, 4.69) is 29.6 Å². The molecular formula is C18H21NO2. The van der Waals surface area contributed by atoms with Gasteiger partial charge in [-0.15, -0.1) is 0 Å². The van der Waals surface area contributed by atoms with Gasteiger partial charge in [-0.05, 0) is 37.1 Å². The number of rotatable bonds is 6. The van der Waals surface area contributed by atoms with Crippen LogP contribution in [-0.2, 0) is 9.53 Å². The van der Waals surface area contributed by atoms with Gasteiger partial charge in [-0.25, -0.2) is 0 Å². The molecule has 110 valence electrons. The van der Waals surface area contributed by atoms with Crippen LogP contribution in [0.2, 0.25) is 0 Å². The average molecular weight is 283 g/mol. The summed E-state index contributed by atoms with van der Waals surface area (Å²) in [6.45, 7) is 4.22. The molecule has 1 N–H and O–H groups in total. The first-order chi connectivity index (χ1) is 10.2. The highest BCUT2D eigenvalue weighted by Crippen LogP contribution is 2.21. The minimum Gasteiger partial charge on any atom is -0.466 e. The number of anilines is 1. The van der Waals surface area contributed by atoms with Crippen LogP contribution >= 0.6 is 0 Å². The third-order valence-electron chi connectivity index (χ3n) is 3.18. The van der Waals surface area contributed by atoms with Crippen LogP contribution < -0.4 is 5.32 Å². The van der Waals surface area contributed by atoms with Crippen LogP contribution in [0.4, 0.5) is 5.69 Å². The van der Waals surface area contributed by atoms with Crippen molar-refractivity contribution in [3.8, 4) is 11.1 Å². The number of carbonyl (C=O) groups is 1. The first-order valence-corrected chi connectivity index (χ1v) is 7.26. The lowest BCUT2D eigenvalue weighted by molar-refractivity contribution is -0.143. The summed E-state index contributed by atoms with van der Waals surface area (Å²) in [5.74, 6) is -0.168. The lowest BCUT2D eigenvalue weighted by Crippen LogP contribution is -2.20. The number of hydrogen-bond donors (Lipinski definition) is 1. The first-order valence-electron chi connectivity index (χ1n) is 7.26. The minimum absolute atomic E-state index is 0.0478. The maximum absolute atomic E-state index is 11.4. The number of ether oxygens (including phenoxy) is 1. The second kappa shape index (κ2) is 7.48. The van der Waals surface area contributed by atoms with Crippen molar-refractivity contribution in [1.82, 2.24) is 0 Å². The van der Waals surface area contributed by atoms with Gasteiger partial charge in [0.1, 0.15) is 0 Å². The summed E-state index contributed by atoms with van der Waals surface area (Å²) in [4.78, 5) is 11.4. The van der Waals surface area contributed by atoms with Crippen LogP contribution in [-0.4, -0.2) is 18.6 Å². The van der Waals surface area contributed by atoms with Gasteiger partial charge in [-0.2, -0.15) is 0 Å². The topological polar surface area (TPSA) is 38.3 Å². The molecule has 3 heteroatoms. The van der Waals surface area contributed by atoms with E-state index in [9.17, 15) is 4.79 Å². The molecule has 0 amide bonds. The van der Waals surface area contributed by atoms with Crippen LogP contribution in [0.1, 0.15) is 20.3 Å². The van der Waals surface area contributed by atoms with E-state index in [1.165, 1.54) is 11.1 Å². The molecule has 0 radical (unpaired) electrons. The summed E-state index contributed by atoms with van der Waals surface area (Å²) < 4.78 is 4.95. The van der Waals surface area contributed by atoms with Gasteiger partial charge in [0.2, 0.25) is 0 Å². The normalized spacial score (nSPS) is 11.7. The summed E-state index contributed by atoms with van der Waals surface area (Å²) in [5, 5.41) is 3.31. The fourth-order valence-electron chi connectivity index (χ4n) is 2.19. The highest BCUT2D eigenvalue weighted by molar-refractivity contribution is 5.71. The molecule has 1 atom stereocenters. The highest BCUT2D eigenvalue weighted by atomic mass is 16.5. The largest absolute Gasteiger partial charge is 0.466 e. The molecule has 0 aliphatic heterocycles. The number of esters is 1. The molecule has 1 unspecified atom stereocenters. The summed E-state index contributed by atoms with van der Waals surface area (Å²) >= 11 is 0. The summed E-state index contributed by atoms with van der Waals surface area (Å²) in [6, 6.07) is 18.5. The first kappa shape index (κ1) is 15.1. The van der Waals surface area contributed by atoms with E-state index in [1.807, 2.05) is 44.2 Å². The van der Waals surface area contributed by atoms with E-state index >= 15 is 0 Å². The molecule has 2 aromatic rings.